The first-order valence-electron chi connectivity index (χ1n) is 7.52. The molecule has 1 aromatic heterocycles. The van der Waals surface area contributed by atoms with Crippen LogP contribution in [0.2, 0.25) is 0 Å². The van der Waals surface area contributed by atoms with E-state index in [4.69, 9.17) is 9.47 Å². The van der Waals surface area contributed by atoms with E-state index in [-0.39, 0.29) is 5.91 Å². The Morgan fingerprint density at radius 1 is 0.875 bits per heavy atom. The van der Waals surface area contributed by atoms with E-state index in [2.05, 4.69) is 5.10 Å². The average molecular weight is 322 g/mol. The summed E-state index contributed by atoms with van der Waals surface area (Å²) in [6, 6.07) is 17.0. The molecular weight excluding hydrogens is 304 g/mol. The van der Waals surface area contributed by atoms with Gasteiger partial charge in [0.25, 0.3) is 0 Å². The monoisotopic (exact) mass is 322 g/mol. The molecule has 0 aliphatic carbocycles. The van der Waals surface area contributed by atoms with Crippen molar-refractivity contribution in [2.75, 3.05) is 14.2 Å². The van der Waals surface area contributed by atoms with Gasteiger partial charge in [-0.3, -0.25) is 4.79 Å². The Morgan fingerprint density at radius 3 is 1.83 bits per heavy atom. The summed E-state index contributed by atoms with van der Waals surface area (Å²) in [7, 11) is 3.25. The molecule has 0 saturated heterocycles. The maximum Gasteiger partial charge on any atom is 0.244 e. The molecule has 0 unspecified atom stereocenters. The predicted molar refractivity (Wildman–Crippen MR) is 92.5 cm³/mol. The molecule has 0 fully saturated rings. The fourth-order valence-electron chi connectivity index (χ4n) is 2.49. The van der Waals surface area contributed by atoms with E-state index < -0.39 is 0 Å². The average Bonchev–Trinajstić information content (AvgIpc) is 3.07. The van der Waals surface area contributed by atoms with Crippen molar-refractivity contribution in [3.05, 3.63) is 54.6 Å². The van der Waals surface area contributed by atoms with Crippen LogP contribution >= 0.6 is 0 Å². The maximum atomic E-state index is 12.0. The first-order valence-corrected chi connectivity index (χ1v) is 7.52. The second-order valence-corrected chi connectivity index (χ2v) is 5.30. The lowest BCUT2D eigenvalue weighted by atomic mass is 10.1. The summed E-state index contributed by atoms with van der Waals surface area (Å²) in [5, 5.41) is 4.45. The molecule has 0 bridgehead atoms. The van der Waals surface area contributed by atoms with Gasteiger partial charge < -0.3 is 9.47 Å². The molecule has 5 nitrogen and oxygen atoms in total. The van der Waals surface area contributed by atoms with Gasteiger partial charge >= 0.3 is 0 Å². The van der Waals surface area contributed by atoms with E-state index in [1.165, 1.54) is 11.6 Å². The second kappa shape index (κ2) is 6.58. The smallest absolute Gasteiger partial charge is 0.244 e. The van der Waals surface area contributed by atoms with Gasteiger partial charge in [-0.1, -0.05) is 0 Å². The van der Waals surface area contributed by atoms with Gasteiger partial charge in [0.1, 0.15) is 11.5 Å². The van der Waals surface area contributed by atoms with Crippen molar-refractivity contribution in [3.8, 4) is 34.0 Å². The van der Waals surface area contributed by atoms with E-state index in [9.17, 15) is 4.79 Å². The lowest BCUT2D eigenvalue weighted by Gasteiger charge is -2.04. The zero-order valence-electron chi connectivity index (χ0n) is 13.8. The summed E-state index contributed by atoms with van der Waals surface area (Å²) in [6.45, 7) is 1.50. The molecule has 0 spiro atoms. The molecule has 3 rings (SSSR count). The molecule has 0 aliphatic heterocycles. The fourth-order valence-corrected chi connectivity index (χ4v) is 2.49. The van der Waals surface area contributed by atoms with Crippen LogP contribution < -0.4 is 9.47 Å². The van der Waals surface area contributed by atoms with Gasteiger partial charge in [-0.05, 0) is 54.6 Å². The molecule has 1 heterocycles. The Morgan fingerprint density at radius 2 is 1.38 bits per heavy atom. The van der Waals surface area contributed by atoms with Crippen molar-refractivity contribution in [2.45, 2.75) is 6.92 Å². The minimum Gasteiger partial charge on any atom is -0.497 e. The van der Waals surface area contributed by atoms with Gasteiger partial charge in [-0.25, -0.2) is 0 Å². The fraction of sp³-hybridized carbons (Fsp3) is 0.158. The molecule has 0 aliphatic rings. The molecule has 5 heteroatoms. The minimum atomic E-state index is -0.138. The van der Waals surface area contributed by atoms with Crippen LogP contribution in [0.25, 0.3) is 22.5 Å². The molecule has 24 heavy (non-hydrogen) atoms. The van der Waals surface area contributed by atoms with Crippen LogP contribution in [0, 0.1) is 0 Å². The molecule has 0 amide bonds. The zero-order chi connectivity index (χ0) is 17.1. The van der Waals surface area contributed by atoms with Crippen molar-refractivity contribution in [1.29, 1.82) is 0 Å². The largest absolute Gasteiger partial charge is 0.497 e. The molecule has 0 N–H and O–H groups in total. The Balaban J connectivity index is 2.05. The van der Waals surface area contributed by atoms with E-state index >= 15 is 0 Å². The third kappa shape index (κ3) is 3.01. The van der Waals surface area contributed by atoms with Gasteiger partial charge in [0.15, 0.2) is 0 Å². The molecule has 0 atom stereocenters. The number of hydrogen-bond donors (Lipinski definition) is 0. The Labute approximate surface area is 140 Å². The molecule has 0 saturated carbocycles. The number of carbonyl (C=O) groups is 1. The van der Waals surface area contributed by atoms with Crippen molar-refractivity contribution >= 4 is 5.91 Å². The highest BCUT2D eigenvalue weighted by molar-refractivity contribution is 5.83. The lowest BCUT2D eigenvalue weighted by Crippen LogP contribution is -2.09. The number of carbonyl (C=O) groups excluding carboxylic acids is 1. The zero-order valence-corrected chi connectivity index (χ0v) is 13.8. The summed E-state index contributed by atoms with van der Waals surface area (Å²) in [5.74, 6) is 1.41. The van der Waals surface area contributed by atoms with Crippen molar-refractivity contribution in [3.63, 3.8) is 0 Å². The Hall–Kier alpha value is -3.08. The van der Waals surface area contributed by atoms with Crippen LogP contribution in [0.5, 0.6) is 11.5 Å². The van der Waals surface area contributed by atoms with Gasteiger partial charge in [0.2, 0.25) is 5.91 Å². The van der Waals surface area contributed by atoms with Crippen LogP contribution in [-0.4, -0.2) is 29.9 Å². The van der Waals surface area contributed by atoms with Gasteiger partial charge in [-0.15, -0.1) is 0 Å². The molecule has 3 aromatic rings. The predicted octanol–water partition coefficient (Wildman–Crippen LogP) is 3.89. The van der Waals surface area contributed by atoms with Crippen LogP contribution in [0.3, 0.4) is 0 Å². The summed E-state index contributed by atoms with van der Waals surface area (Å²) < 4.78 is 11.8. The second-order valence-electron chi connectivity index (χ2n) is 5.30. The van der Waals surface area contributed by atoms with Gasteiger partial charge in [0, 0.05) is 18.1 Å². The third-order valence-corrected chi connectivity index (χ3v) is 3.78. The van der Waals surface area contributed by atoms with Crippen molar-refractivity contribution in [2.24, 2.45) is 0 Å². The summed E-state index contributed by atoms with van der Waals surface area (Å²) in [4.78, 5) is 12.0. The van der Waals surface area contributed by atoms with E-state index in [0.29, 0.717) is 0 Å². The van der Waals surface area contributed by atoms with Gasteiger partial charge in [-0.2, -0.15) is 9.78 Å². The maximum absolute atomic E-state index is 12.0. The highest BCUT2D eigenvalue weighted by Crippen LogP contribution is 2.28. The third-order valence-electron chi connectivity index (χ3n) is 3.78. The first-order chi connectivity index (χ1) is 11.6. The number of methoxy groups -OCH3 is 2. The Bertz CT molecular complexity index is 849. The first kappa shape index (κ1) is 15.8. The topological polar surface area (TPSA) is 53.4 Å². The number of aromatic nitrogens is 2. The molecule has 2 aromatic carbocycles. The lowest BCUT2D eigenvalue weighted by molar-refractivity contribution is 0.0923. The quantitative estimate of drug-likeness (QED) is 0.731. The van der Waals surface area contributed by atoms with Crippen LogP contribution in [0.1, 0.15) is 11.7 Å². The van der Waals surface area contributed by atoms with Crippen LogP contribution in [0.4, 0.5) is 0 Å². The minimum absolute atomic E-state index is 0.138. The highest BCUT2D eigenvalue weighted by Gasteiger charge is 2.14. The van der Waals surface area contributed by atoms with Crippen LogP contribution in [-0.2, 0) is 0 Å². The molecule has 122 valence electrons. The summed E-state index contributed by atoms with van der Waals surface area (Å²) in [6.07, 6.45) is 0. The number of benzene rings is 2. The standard InChI is InChI=1S/C19H18N2O3/c1-13(22)21-19(15-6-10-17(24-3)11-7-15)12-18(20-21)14-4-8-16(23-2)9-5-14/h4-12H,1-3H3. The number of ether oxygens (including phenoxy) is 2. The van der Waals surface area contributed by atoms with E-state index in [1.807, 2.05) is 54.6 Å². The highest BCUT2D eigenvalue weighted by atomic mass is 16.5. The summed E-state index contributed by atoms with van der Waals surface area (Å²) in [5.41, 5.74) is 3.30. The number of nitrogens with zero attached hydrogens (tertiary/aromatic N) is 2. The Kier molecular flexibility index (Phi) is 4.33. The van der Waals surface area contributed by atoms with Crippen molar-refractivity contribution < 1.29 is 14.3 Å². The normalized spacial score (nSPS) is 10.5. The van der Waals surface area contributed by atoms with E-state index in [0.717, 1.165) is 34.0 Å². The van der Waals surface area contributed by atoms with Crippen molar-refractivity contribution in [1.82, 2.24) is 9.78 Å². The van der Waals surface area contributed by atoms with Gasteiger partial charge in [0.05, 0.1) is 25.6 Å². The molecular formula is C19H18N2O3. The summed E-state index contributed by atoms with van der Waals surface area (Å²) >= 11 is 0. The SMILES string of the molecule is COc1ccc(-c2cc(-c3ccc(OC)cc3)n(C(C)=O)n2)cc1. The van der Waals surface area contributed by atoms with Crippen LogP contribution in [0.15, 0.2) is 54.6 Å². The number of rotatable bonds is 4. The number of hydrogen-bond acceptors (Lipinski definition) is 4. The molecule has 0 radical (unpaired) electrons. The van der Waals surface area contributed by atoms with E-state index in [1.54, 1.807) is 14.2 Å².